The number of nitrogens with zero attached hydrogens (tertiary/aromatic N) is 1. The molecule has 4 nitrogen and oxygen atoms in total. The quantitative estimate of drug-likeness (QED) is 0.465. The van der Waals surface area contributed by atoms with E-state index in [9.17, 15) is 14.9 Å². The lowest BCUT2D eigenvalue weighted by molar-refractivity contribution is -0.385. The molecule has 5 heteroatoms. The highest BCUT2D eigenvalue weighted by Crippen LogP contribution is 2.26. The Labute approximate surface area is 89.2 Å². The summed E-state index contributed by atoms with van der Waals surface area (Å²) in [5.74, 6) is -0.194. The molecule has 74 valence electrons. The Morgan fingerprint density at radius 1 is 1.50 bits per heavy atom. The SMILES string of the molecule is CC(=O)c1cc([N+](=O)[O-])c(C)cc1Br. The number of ketones is 1. The number of carbonyl (C=O) groups excluding carboxylic acids is 1. The first-order valence-corrected chi connectivity index (χ1v) is 4.68. The van der Waals surface area contributed by atoms with Gasteiger partial charge in [-0.25, -0.2) is 0 Å². The van der Waals surface area contributed by atoms with Gasteiger partial charge in [-0.2, -0.15) is 0 Å². The van der Waals surface area contributed by atoms with Gasteiger partial charge in [-0.1, -0.05) is 15.9 Å². The summed E-state index contributed by atoms with van der Waals surface area (Å²) in [4.78, 5) is 21.2. The average molecular weight is 258 g/mol. The molecule has 1 aromatic rings. The van der Waals surface area contributed by atoms with Crippen LogP contribution >= 0.6 is 15.9 Å². The van der Waals surface area contributed by atoms with Crippen molar-refractivity contribution < 1.29 is 9.72 Å². The minimum absolute atomic E-state index is 0.0293. The predicted molar refractivity (Wildman–Crippen MR) is 55.5 cm³/mol. The van der Waals surface area contributed by atoms with Crippen molar-refractivity contribution in [2.75, 3.05) is 0 Å². The summed E-state index contributed by atoms with van der Waals surface area (Å²) in [7, 11) is 0. The molecule has 0 aromatic heterocycles. The lowest BCUT2D eigenvalue weighted by atomic mass is 10.1. The molecule has 0 aliphatic carbocycles. The molecule has 0 aliphatic heterocycles. The highest BCUT2D eigenvalue weighted by atomic mass is 79.9. The molecule has 0 N–H and O–H groups in total. The van der Waals surface area contributed by atoms with E-state index in [-0.39, 0.29) is 11.5 Å². The molecular weight excluding hydrogens is 250 g/mol. The molecule has 0 unspecified atom stereocenters. The molecule has 14 heavy (non-hydrogen) atoms. The number of aryl methyl sites for hydroxylation is 1. The van der Waals surface area contributed by atoms with E-state index in [1.54, 1.807) is 13.0 Å². The van der Waals surface area contributed by atoms with Crippen molar-refractivity contribution in [3.63, 3.8) is 0 Å². The fraction of sp³-hybridized carbons (Fsp3) is 0.222. The number of hydrogen-bond acceptors (Lipinski definition) is 3. The average Bonchev–Trinajstić information content (AvgIpc) is 2.02. The zero-order chi connectivity index (χ0) is 10.9. The van der Waals surface area contributed by atoms with E-state index < -0.39 is 4.92 Å². The molecule has 0 heterocycles. The van der Waals surface area contributed by atoms with Crippen LogP contribution in [-0.2, 0) is 0 Å². The van der Waals surface area contributed by atoms with Gasteiger partial charge in [0, 0.05) is 21.7 Å². The van der Waals surface area contributed by atoms with E-state index >= 15 is 0 Å². The minimum atomic E-state index is -0.492. The third-order valence-corrected chi connectivity index (χ3v) is 2.52. The fourth-order valence-electron chi connectivity index (χ4n) is 1.13. The molecule has 0 saturated heterocycles. The molecule has 0 saturated carbocycles. The van der Waals surface area contributed by atoms with Crippen molar-refractivity contribution >= 4 is 27.4 Å². The first-order valence-electron chi connectivity index (χ1n) is 3.89. The zero-order valence-corrected chi connectivity index (χ0v) is 9.29. The molecule has 0 radical (unpaired) electrons. The van der Waals surface area contributed by atoms with E-state index in [0.717, 1.165) is 0 Å². The number of nitro benzene ring substituents is 1. The largest absolute Gasteiger partial charge is 0.294 e. The first-order chi connectivity index (χ1) is 6.43. The molecule has 0 amide bonds. The van der Waals surface area contributed by atoms with Gasteiger partial charge in [-0.05, 0) is 19.9 Å². The summed E-state index contributed by atoms with van der Waals surface area (Å²) >= 11 is 3.19. The molecule has 0 fully saturated rings. The summed E-state index contributed by atoms with van der Waals surface area (Å²) in [6.07, 6.45) is 0. The summed E-state index contributed by atoms with van der Waals surface area (Å²) in [5, 5.41) is 10.6. The monoisotopic (exact) mass is 257 g/mol. The Hall–Kier alpha value is -1.23. The maximum atomic E-state index is 11.1. The van der Waals surface area contributed by atoms with E-state index in [1.807, 2.05) is 0 Å². The van der Waals surface area contributed by atoms with Crippen LogP contribution in [0.4, 0.5) is 5.69 Å². The first kappa shape index (κ1) is 10.8. The molecule has 1 rings (SSSR count). The van der Waals surface area contributed by atoms with Gasteiger partial charge in [-0.15, -0.1) is 0 Å². The van der Waals surface area contributed by atoms with Crippen LogP contribution in [0.15, 0.2) is 16.6 Å². The van der Waals surface area contributed by atoms with Crippen LogP contribution in [0.25, 0.3) is 0 Å². The minimum Gasteiger partial charge on any atom is -0.294 e. The third-order valence-electron chi connectivity index (χ3n) is 1.86. The van der Waals surface area contributed by atoms with Crippen molar-refractivity contribution in [3.8, 4) is 0 Å². The van der Waals surface area contributed by atoms with Gasteiger partial charge in [0.25, 0.3) is 5.69 Å². The van der Waals surface area contributed by atoms with Gasteiger partial charge in [0.05, 0.1) is 4.92 Å². The summed E-state index contributed by atoms with van der Waals surface area (Å²) in [6, 6.07) is 2.87. The normalized spacial score (nSPS) is 9.93. The molecule has 1 aromatic carbocycles. The van der Waals surface area contributed by atoms with E-state index in [4.69, 9.17) is 0 Å². The van der Waals surface area contributed by atoms with Crippen LogP contribution in [0.3, 0.4) is 0 Å². The lowest BCUT2D eigenvalue weighted by Gasteiger charge is -2.02. The van der Waals surface area contributed by atoms with Gasteiger partial charge in [0.2, 0.25) is 0 Å². The molecular formula is C9H8BrNO3. The summed E-state index contributed by atoms with van der Waals surface area (Å²) < 4.78 is 0.591. The lowest BCUT2D eigenvalue weighted by Crippen LogP contribution is -1.98. The summed E-state index contributed by atoms with van der Waals surface area (Å²) in [6.45, 7) is 3.01. The number of rotatable bonds is 2. The van der Waals surface area contributed by atoms with Crippen LogP contribution < -0.4 is 0 Å². The Balaban J connectivity index is 3.42. The standard InChI is InChI=1S/C9H8BrNO3/c1-5-3-8(10)7(6(2)12)4-9(5)11(13)14/h3-4H,1-2H3. The van der Waals surface area contributed by atoms with Crippen molar-refractivity contribution in [1.29, 1.82) is 0 Å². The molecule has 0 atom stereocenters. The van der Waals surface area contributed by atoms with Gasteiger partial charge in [0.15, 0.2) is 5.78 Å². The third kappa shape index (κ3) is 1.98. The number of benzene rings is 1. The van der Waals surface area contributed by atoms with E-state index in [1.165, 1.54) is 13.0 Å². The second kappa shape index (κ2) is 3.88. The van der Waals surface area contributed by atoms with Gasteiger partial charge in [-0.3, -0.25) is 14.9 Å². The maximum Gasteiger partial charge on any atom is 0.273 e. The second-order valence-electron chi connectivity index (χ2n) is 2.93. The Morgan fingerprint density at radius 2 is 2.07 bits per heavy atom. The topological polar surface area (TPSA) is 60.2 Å². The number of halogens is 1. The molecule has 0 bridgehead atoms. The number of Topliss-reactive ketones (excluding diaryl/α,β-unsaturated/α-hetero) is 1. The van der Waals surface area contributed by atoms with Gasteiger partial charge in [0.1, 0.15) is 0 Å². The highest BCUT2D eigenvalue weighted by molar-refractivity contribution is 9.10. The number of carbonyl (C=O) groups is 1. The van der Waals surface area contributed by atoms with Crippen molar-refractivity contribution in [3.05, 3.63) is 37.8 Å². The van der Waals surface area contributed by atoms with Crippen molar-refractivity contribution in [2.24, 2.45) is 0 Å². The predicted octanol–water partition coefficient (Wildman–Crippen LogP) is 2.87. The smallest absolute Gasteiger partial charge is 0.273 e. The van der Waals surface area contributed by atoms with Crippen molar-refractivity contribution in [2.45, 2.75) is 13.8 Å². The van der Waals surface area contributed by atoms with Gasteiger partial charge >= 0.3 is 0 Å². The van der Waals surface area contributed by atoms with E-state index in [2.05, 4.69) is 15.9 Å². The Bertz CT molecular complexity index is 380. The van der Waals surface area contributed by atoms with E-state index in [0.29, 0.717) is 15.6 Å². The number of nitro groups is 1. The molecule has 0 aliphatic rings. The van der Waals surface area contributed by atoms with Crippen LogP contribution in [0.5, 0.6) is 0 Å². The zero-order valence-electron chi connectivity index (χ0n) is 7.70. The van der Waals surface area contributed by atoms with Crippen LogP contribution in [-0.4, -0.2) is 10.7 Å². The van der Waals surface area contributed by atoms with Crippen LogP contribution in [0.1, 0.15) is 22.8 Å². The van der Waals surface area contributed by atoms with Gasteiger partial charge < -0.3 is 0 Å². The molecule has 0 spiro atoms. The van der Waals surface area contributed by atoms with Crippen molar-refractivity contribution in [1.82, 2.24) is 0 Å². The highest BCUT2D eigenvalue weighted by Gasteiger charge is 2.16. The number of hydrogen-bond donors (Lipinski definition) is 0. The fourth-order valence-corrected chi connectivity index (χ4v) is 1.86. The maximum absolute atomic E-state index is 11.1. The second-order valence-corrected chi connectivity index (χ2v) is 3.79. The summed E-state index contributed by atoms with van der Waals surface area (Å²) in [5.41, 5.74) is 0.840. The Morgan fingerprint density at radius 3 is 2.50 bits per heavy atom. The van der Waals surface area contributed by atoms with Crippen LogP contribution in [0.2, 0.25) is 0 Å². The Kier molecular flexibility index (Phi) is 3.00. The van der Waals surface area contributed by atoms with Crippen LogP contribution in [0, 0.1) is 17.0 Å².